The number of amides is 1. The van der Waals surface area contributed by atoms with Crippen LogP contribution in [0.4, 0.5) is 11.4 Å². The first-order valence-electron chi connectivity index (χ1n) is 8.82. The monoisotopic (exact) mass is 355 g/mol. The van der Waals surface area contributed by atoms with Crippen LogP contribution < -0.4 is 9.80 Å². The van der Waals surface area contributed by atoms with Crippen LogP contribution in [0.15, 0.2) is 48.5 Å². The number of fused-ring (bicyclic) bond motifs is 1. The van der Waals surface area contributed by atoms with Crippen molar-refractivity contribution in [2.45, 2.75) is 6.42 Å². The largest absolute Gasteiger partial charge is 0.368 e. The van der Waals surface area contributed by atoms with Gasteiger partial charge in [0.1, 0.15) is 0 Å². The van der Waals surface area contributed by atoms with E-state index in [-0.39, 0.29) is 5.91 Å². The molecule has 1 fully saturated rings. The first-order chi connectivity index (χ1) is 12.2. The van der Waals surface area contributed by atoms with Gasteiger partial charge >= 0.3 is 0 Å². The van der Waals surface area contributed by atoms with Crippen molar-refractivity contribution in [3.63, 3.8) is 0 Å². The molecule has 0 N–H and O–H groups in total. The first-order valence-corrected chi connectivity index (χ1v) is 9.20. The van der Waals surface area contributed by atoms with Crippen LogP contribution in [0.3, 0.4) is 0 Å². The Morgan fingerprint density at radius 1 is 0.960 bits per heavy atom. The second-order valence-electron chi connectivity index (χ2n) is 6.65. The summed E-state index contributed by atoms with van der Waals surface area (Å²) >= 11 is 6.08. The van der Waals surface area contributed by atoms with Crippen molar-refractivity contribution >= 4 is 28.9 Å². The number of carbonyl (C=O) groups excluding carboxylic acids is 1. The summed E-state index contributed by atoms with van der Waals surface area (Å²) in [5.74, 6) is 0.224. The normalized spacial score (nSPS) is 16.9. The molecule has 2 aliphatic heterocycles. The number of hydrogen-bond donors (Lipinski definition) is 0. The van der Waals surface area contributed by atoms with E-state index in [1.807, 2.05) is 29.2 Å². The molecule has 25 heavy (non-hydrogen) atoms. The second kappa shape index (κ2) is 6.96. The van der Waals surface area contributed by atoms with Gasteiger partial charge in [-0.1, -0.05) is 35.9 Å². The number of para-hydroxylation sites is 1. The quantitative estimate of drug-likeness (QED) is 0.846. The van der Waals surface area contributed by atoms with Crippen molar-refractivity contribution in [2.24, 2.45) is 0 Å². The molecule has 0 unspecified atom stereocenters. The minimum atomic E-state index is 0.224. The molecule has 0 saturated carbocycles. The molecule has 1 saturated heterocycles. The predicted molar refractivity (Wildman–Crippen MR) is 103 cm³/mol. The molecule has 4 rings (SSSR count). The minimum absolute atomic E-state index is 0.224. The number of rotatable bonds is 3. The van der Waals surface area contributed by atoms with Crippen LogP contribution in [0.5, 0.6) is 0 Å². The van der Waals surface area contributed by atoms with E-state index < -0.39 is 0 Å². The standard InChI is InChI=1S/C20H22ClN3O/c21-17-5-3-6-18(14-17)22-10-12-23(13-11-22)20(25)15-24-9-8-16-4-1-2-7-19(16)24/h1-7,14H,8-13,15H2. The maximum absolute atomic E-state index is 12.7. The molecule has 0 atom stereocenters. The van der Waals surface area contributed by atoms with Crippen molar-refractivity contribution in [1.29, 1.82) is 0 Å². The van der Waals surface area contributed by atoms with E-state index in [0.717, 1.165) is 49.9 Å². The Labute approximate surface area is 153 Å². The summed E-state index contributed by atoms with van der Waals surface area (Å²) in [6.45, 7) is 4.65. The van der Waals surface area contributed by atoms with E-state index >= 15 is 0 Å². The van der Waals surface area contributed by atoms with Gasteiger partial charge in [-0.2, -0.15) is 0 Å². The SMILES string of the molecule is O=C(CN1CCc2ccccc21)N1CCN(c2cccc(Cl)c2)CC1. The third-order valence-electron chi connectivity index (χ3n) is 5.12. The summed E-state index contributed by atoms with van der Waals surface area (Å²) in [6, 6.07) is 16.3. The third-order valence-corrected chi connectivity index (χ3v) is 5.35. The molecule has 5 heteroatoms. The van der Waals surface area contributed by atoms with E-state index in [4.69, 9.17) is 11.6 Å². The van der Waals surface area contributed by atoms with Gasteiger partial charge in [0.2, 0.25) is 5.91 Å². The fourth-order valence-electron chi connectivity index (χ4n) is 3.72. The molecule has 2 aromatic carbocycles. The molecule has 130 valence electrons. The lowest BCUT2D eigenvalue weighted by Crippen LogP contribution is -2.51. The van der Waals surface area contributed by atoms with Crippen molar-refractivity contribution in [2.75, 3.05) is 49.1 Å². The molecule has 1 amide bonds. The molecule has 0 aromatic heterocycles. The van der Waals surface area contributed by atoms with Crippen LogP contribution in [0.25, 0.3) is 0 Å². The average Bonchev–Trinajstić information content (AvgIpc) is 3.05. The van der Waals surface area contributed by atoms with Crippen LogP contribution in [0, 0.1) is 0 Å². The number of hydrogen-bond acceptors (Lipinski definition) is 3. The van der Waals surface area contributed by atoms with E-state index in [2.05, 4.69) is 34.1 Å². The van der Waals surface area contributed by atoms with Gasteiger partial charge in [-0.3, -0.25) is 4.79 Å². The molecule has 2 heterocycles. The average molecular weight is 356 g/mol. The molecular formula is C20H22ClN3O. The first kappa shape index (κ1) is 16.3. The maximum atomic E-state index is 12.7. The zero-order chi connectivity index (χ0) is 17.2. The van der Waals surface area contributed by atoms with E-state index in [9.17, 15) is 4.79 Å². The highest BCUT2D eigenvalue weighted by Crippen LogP contribution is 2.27. The summed E-state index contributed by atoms with van der Waals surface area (Å²) < 4.78 is 0. The number of anilines is 2. The molecule has 0 aliphatic carbocycles. The van der Waals surface area contributed by atoms with Gasteiger partial charge in [0.15, 0.2) is 0 Å². The molecular weight excluding hydrogens is 334 g/mol. The van der Waals surface area contributed by atoms with Crippen LogP contribution in [0.1, 0.15) is 5.56 Å². The summed E-state index contributed by atoms with van der Waals surface area (Å²) in [5.41, 5.74) is 3.70. The van der Waals surface area contributed by atoms with E-state index in [1.165, 1.54) is 11.3 Å². The maximum Gasteiger partial charge on any atom is 0.242 e. The summed E-state index contributed by atoms with van der Waals surface area (Å²) in [7, 11) is 0. The van der Waals surface area contributed by atoms with Crippen molar-refractivity contribution in [1.82, 2.24) is 4.90 Å². The molecule has 0 radical (unpaired) electrons. The lowest BCUT2D eigenvalue weighted by molar-refractivity contribution is -0.130. The number of halogens is 1. The van der Waals surface area contributed by atoms with Crippen LogP contribution >= 0.6 is 11.6 Å². The number of benzene rings is 2. The fraction of sp³-hybridized carbons (Fsp3) is 0.350. The Bertz CT molecular complexity index is 771. The lowest BCUT2D eigenvalue weighted by Gasteiger charge is -2.37. The number of piperazine rings is 1. The molecule has 4 nitrogen and oxygen atoms in total. The third kappa shape index (κ3) is 3.45. The van der Waals surface area contributed by atoms with Gasteiger partial charge in [-0.25, -0.2) is 0 Å². The van der Waals surface area contributed by atoms with Gasteiger partial charge in [0, 0.05) is 49.1 Å². The van der Waals surface area contributed by atoms with Crippen LogP contribution in [0.2, 0.25) is 5.02 Å². The highest BCUT2D eigenvalue weighted by atomic mass is 35.5. The Kier molecular flexibility index (Phi) is 4.53. The predicted octanol–water partition coefficient (Wildman–Crippen LogP) is 3.05. The zero-order valence-corrected chi connectivity index (χ0v) is 15.0. The molecule has 2 aliphatic rings. The van der Waals surface area contributed by atoms with Crippen molar-refractivity contribution < 1.29 is 4.79 Å². The van der Waals surface area contributed by atoms with Crippen LogP contribution in [-0.4, -0.2) is 50.1 Å². The topological polar surface area (TPSA) is 26.8 Å². The Morgan fingerprint density at radius 3 is 2.56 bits per heavy atom. The highest BCUT2D eigenvalue weighted by molar-refractivity contribution is 6.30. The number of carbonyl (C=O) groups is 1. The van der Waals surface area contributed by atoms with Gasteiger partial charge in [0.25, 0.3) is 0 Å². The Balaban J connectivity index is 1.34. The fourth-order valence-corrected chi connectivity index (χ4v) is 3.91. The smallest absolute Gasteiger partial charge is 0.242 e. The van der Waals surface area contributed by atoms with Gasteiger partial charge in [-0.15, -0.1) is 0 Å². The number of nitrogens with zero attached hydrogens (tertiary/aromatic N) is 3. The Morgan fingerprint density at radius 2 is 1.76 bits per heavy atom. The van der Waals surface area contributed by atoms with Gasteiger partial charge in [-0.05, 0) is 36.2 Å². The van der Waals surface area contributed by atoms with Crippen molar-refractivity contribution in [3.8, 4) is 0 Å². The lowest BCUT2D eigenvalue weighted by atomic mass is 10.2. The van der Waals surface area contributed by atoms with Gasteiger partial charge < -0.3 is 14.7 Å². The van der Waals surface area contributed by atoms with E-state index in [0.29, 0.717) is 6.54 Å². The Hall–Kier alpha value is -2.20. The van der Waals surface area contributed by atoms with Gasteiger partial charge in [0.05, 0.1) is 6.54 Å². The van der Waals surface area contributed by atoms with Crippen molar-refractivity contribution in [3.05, 3.63) is 59.1 Å². The molecule has 2 aromatic rings. The molecule has 0 bridgehead atoms. The highest BCUT2D eigenvalue weighted by Gasteiger charge is 2.25. The minimum Gasteiger partial charge on any atom is -0.368 e. The summed E-state index contributed by atoms with van der Waals surface area (Å²) in [6.07, 6.45) is 1.03. The second-order valence-corrected chi connectivity index (χ2v) is 7.08. The molecule has 0 spiro atoms. The van der Waals surface area contributed by atoms with Crippen LogP contribution in [-0.2, 0) is 11.2 Å². The summed E-state index contributed by atoms with van der Waals surface area (Å²) in [4.78, 5) is 19.2. The zero-order valence-electron chi connectivity index (χ0n) is 14.2. The summed E-state index contributed by atoms with van der Waals surface area (Å²) in [5, 5.41) is 0.753. The van der Waals surface area contributed by atoms with E-state index in [1.54, 1.807) is 0 Å².